The SMILES string of the molecule is COc1ccc(CCNC(=NCC(=O)N(C)C)N(C)CC(C)c2nccs2)cc1.I. The molecule has 1 amide bonds. The first kappa shape index (κ1) is 26.2. The molecular weight excluding hydrogens is 513 g/mol. The second-order valence-corrected chi connectivity index (χ2v) is 8.03. The van der Waals surface area contributed by atoms with Crippen molar-refractivity contribution in [2.24, 2.45) is 4.99 Å². The van der Waals surface area contributed by atoms with Crippen molar-refractivity contribution in [2.75, 3.05) is 47.9 Å². The molecule has 166 valence electrons. The van der Waals surface area contributed by atoms with Gasteiger partial charge in [-0.05, 0) is 24.1 Å². The number of guanidine groups is 1. The van der Waals surface area contributed by atoms with E-state index in [9.17, 15) is 4.79 Å². The van der Waals surface area contributed by atoms with Gasteiger partial charge < -0.3 is 19.9 Å². The van der Waals surface area contributed by atoms with Gasteiger partial charge in [-0.25, -0.2) is 9.98 Å². The van der Waals surface area contributed by atoms with Crippen molar-refractivity contribution in [1.82, 2.24) is 20.1 Å². The summed E-state index contributed by atoms with van der Waals surface area (Å²) in [5.41, 5.74) is 1.21. The van der Waals surface area contributed by atoms with Crippen molar-refractivity contribution in [1.29, 1.82) is 0 Å². The molecule has 0 saturated heterocycles. The molecule has 0 saturated carbocycles. The van der Waals surface area contributed by atoms with Crippen molar-refractivity contribution in [3.05, 3.63) is 46.4 Å². The average Bonchev–Trinajstić information content (AvgIpc) is 3.25. The number of halogens is 1. The van der Waals surface area contributed by atoms with Gasteiger partial charge >= 0.3 is 0 Å². The highest BCUT2D eigenvalue weighted by molar-refractivity contribution is 14.0. The third-order valence-electron chi connectivity index (χ3n) is 4.50. The normalized spacial score (nSPS) is 12.0. The summed E-state index contributed by atoms with van der Waals surface area (Å²) in [6, 6.07) is 8.03. The van der Waals surface area contributed by atoms with Crippen LogP contribution in [0, 0.1) is 0 Å². The minimum atomic E-state index is -0.0270. The molecular formula is C21H32IN5O2S. The maximum atomic E-state index is 12.0. The number of carbonyl (C=O) groups is 1. The van der Waals surface area contributed by atoms with Crippen LogP contribution in [-0.2, 0) is 11.2 Å². The largest absolute Gasteiger partial charge is 0.497 e. The van der Waals surface area contributed by atoms with Gasteiger partial charge in [-0.2, -0.15) is 0 Å². The van der Waals surface area contributed by atoms with E-state index in [2.05, 4.69) is 39.2 Å². The summed E-state index contributed by atoms with van der Waals surface area (Å²) in [6.07, 6.45) is 2.68. The van der Waals surface area contributed by atoms with E-state index in [-0.39, 0.29) is 42.3 Å². The van der Waals surface area contributed by atoms with Gasteiger partial charge in [-0.3, -0.25) is 4.79 Å². The lowest BCUT2D eigenvalue weighted by molar-refractivity contribution is -0.127. The third kappa shape index (κ3) is 8.47. The number of nitrogens with zero attached hydrogens (tertiary/aromatic N) is 4. The van der Waals surface area contributed by atoms with Crippen LogP contribution in [0.2, 0.25) is 0 Å². The topological polar surface area (TPSA) is 70.1 Å². The maximum absolute atomic E-state index is 12.0. The molecule has 30 heavy (non-hydrogen) atoms. The summed E-state index contributed by atoms with van der Waals surface area (Å²) in [7, 11) is 7.13. The van der Waals surface area contributed by atoms with Crippen LogP contribution in [0.25, 0.3) is 0 Å². The standard InChI is InChI=1S/C21H31N5O2S.HI/c1-16(20-22-12-13-29-20)15-26(4)21(24-14-19(27)25(2)3)23-11-10-17-6-8-18(28-5)9-7-17;/h6-9,12-13,16H,10-11,14-15H2,1-5H3,(H,23,24);1H. The predicted molar refractivity (Wildman–Crippen MR) is 134 cm³/mol. The van der Waals surface area contributed by atoms with Gasteiger partial charge in [0, 0.05) is 51.7 Å². The fourth-order valence-corrected chi connectivity index (χ4v) is 3.45. The Bertz CT molecular complexity index is 781. The molecule has 1 atom stereocenters. The Kier molecular flexibility index (Phi) is 11.7. The number of methoxy groups -OCH3 is 1. The number of benzene rings is 1. The third-order valence-corrected chi connectivity index (χ3v) is 5.51. The van der Waals surface area contributed by atoms with Crippen LogP contribution < -0.4 is 10.1 Å². The highest BCUT2D eigenvalue weighted by Crippen LogP contribution is 2.18. The highest BCUT2D eigenvalue weighted by Gasteiger charge is 2.15. The van der Waals surface area contributed by atoms with Gasteiger partial charge in [-0.15, -0.1) is 35.3 Å². The number of aromatic nitrogens is 1. The Morgan fingerprint density at radius 3 is 2.53 bits per heavy atom. The van der Waals surface area contributed by atoms with Gasteiger partial charge in [0.15, 0.2) is 5.96 Å². The Hall–Kier alpha value is -1.88. The summed E-state index contributed by atoms with van der Waals surface area (Å²) in [6.45, 7) is 3.75. The van der Waals surface area contributed by atoms with Gasteiger partial charge in [0.05, 0.1) is 12.1 Å². The molecule has 0 radical (unpaired) electrons. The molecule has 1 aromatic carbocycles. The number of ether oxygens (including phenoxy) is 1. The fourth-order valence-electron chi connectivity index (χ4n) is 2.76. The Morgan fingerprint density at radius 1 is 1.27 bits per heavy atom. The number of carbonyl (C=O) groups excluding carboxylic acids is 1. The number of amides is 1. The van der Waals surface area contributed by atoms with Crippen LogP contribution in [-0.4, -0.2) is 74.5 Å². The van der Waals surface area contributed by atoms with Crippen molar-refractivity contribution < 1.29 is 9.53 Å². The maximum Gasteiger partial charge on any atom is 0.243 e. The van der Waals surface area contributed by atoms with E-state index < -0.39 is 0 Å². The van der Waals surface area contributed by atoms with Crippen LogP contribution in [0.15, 0.2) is 40.8 Å². The smallest absolute Gasteiger partial charge is 0.243 e. The van der Waals surface area contributed by atoms with Crippen LogP contribution in [0.1, 0.15) is 23.4 Å². The molecule has 0 aliphatic rings. The van der Waals surface area contributed by atoms with Gasteiger partial charge in [0.25, 0.3) is 0 Å². The van der Waals surface area contributed by atoms with Crippen molar-refractivity contribution in [3.63, 3.8) is 0 Å². The van der Waals surface area contributed by atoms with Gasteiger partial charge in [0.2, 0.25) is 5.91 Å². The molecule has 2 rings (SSSR count). The zero-order valence-electron chi connectivity index (χ0n) is 18.3. The van der Waals surface area contributed by atoms with E-state index in [0.29, 0.717) is 0 Å². The van der Waals surface area contributed by atoms with Crippen LogP contribution in [0.5, 0.6) is 5.75 Å². The molecule has 0 bridgehead atoms. The number of thiazole rings is 1. The first-order valence-electron chi connectivity index (χ1n) is 9.62. The first-order valence-corrected chi connectivity index (χ1v) is 10.5. The van der Waals surface area contributed by atoms with Gasteiger partial charge in [-0.1, -0.05) is 19.1 Å². The number of aliphatic imine (C=N–C) groups is 1. The van der Waals surface area contributed by atoms with Crippen LogP contribution in [0.3, 0.4) is 0 Å². The first-order chi connectivity index (χ1) is 13.9. The summed E-state index contributed by atoms with van der Waals surface area (Å²) >= 11 is 1.66. The van der Waals surface area contributed by atoms with Crippen molar-refractivity contribution in [2.45, 2.75) is 19.3 Å². The Balaban J connectivity index is 0.00000450. The van der Waals surface area contributed by atoms with Crippen molar-refractivity contribution in [3.8, 4) is 5.75 Å². The summed E-state index contributed by atoms with van der Waals surface area (Å²) in [4.78, 5) is 24.5. The number of likely N-dealkylation sites (N-methyl/N-ethyl adjacent to an activating group) is 2. The lowest BCUT2D eigenvalue weighted by Gasteiger charge is -2.25. The average molecular weight is 545 g/mol. The fraction of sp³-hybridized carbons (Fsp3) is 0.476. The Morgan fingerprint density at radius 2 is 1.97 bits per heavy atom. The van der Waals surface area contributed by atoms with E-state index in [1.165, 1.54) is 5.56 Å². The summed E-state index contributed by atoms with van der Waals surface area (Å²) in [5.74, 6) is 1.82. The van der Waals surface area contributed by atoms with E-state index in [1.807, 2.05) is 30.8 Å². The molecule has 2 aromatic rings. The lowest BCUT2D eigenvalue weighted by atomic mass is 10.1. The molecule has 1 aromatic heterocycles. The monoisotopic (exact) mass is 545 g/mol. The van der Waals surface area contributed by atoms with Gasteiger partial charge in [0.1, 0.15) is 12.3 Å². The molecule has 0 spiro atoms. The second-order valence-electron chi connectivity index (χ2n) is 7.10. The quantitative estimate of drug-likeness (QED) is 0.298. The number of rotatable bonds is 9. The predicted octanol–water partition coefficient (Wildman–Crippen LogP) is 3.08. The van der Waals surface area contributed by atoms with Crippen molar-refractivity contribution >= 4 is 47.2 Å². The molecule has 0 aliphatic carbocycles. The molecule has 0 fully saturated rings. The summed E-state index contributed by atoms with van der Waals surface area (Å²) < 4.78 is 5.20. The minimum absolute atomic E-state index is 0. The molecule has 1 unspecified atom stereocenters. The molecule has 0 aliphatic heterocycles. The number of hydrogen-bond donors (Lipinski definition) is 1. The van der Waals surface area contributed by atoms with E-state index >= 15 is 0 Å². The van der Waals surface area contributed by atoms with Crippen LogP contribution >= 0.6 is 35.3 Å². The summed E-state index contributed by atoms with van der Waals surface area (Å²) in [5, 5.41) is 6.48. The Labute approximate surface area is 200 Å². The highest BCUT2D eigenvalue weighted by atomic mass is 127. The molecule has 1 N–H and O–H groups in total. The zero-order valence-corrected chi connectivity index (χ0v) is 21.4. The lowest BCUT2D eigenvalue weighted by Crippen LogP contribution is -2.42. The molecule has 7 nitrogen and oxygen atoms in total. The molecule has 1 heterocycles. The van der Waals surface area contributed by atoms with E-state index in [4.69, 9.17) is 4.74 Å². The minimum Gasteiger partial charge on any atom is -0.497 e. The number of nitrogens with one attached hydrogen (secondary N) is 1. The van der Waals surface area contributed by atoms with Crippen LogP contribution in [0.4, 0.5) is 0 Å². The van der Waals surface area contributed by atoms with E-state index in [0.717, 1.165) is 36.2 Å². The number of hydrogen-bond acceptors (Lipinski definition) is 5. The zero-order chi connectivity index (χ0) is 21.2. The molecule has 9 heteroatoms. The van der Waals surface area contributed by atoms with E-state index in [1.54, 1.807) is 37.4 Å². The second kappa shape index (κ2) is 13.4.